The van der Waals surface area contributed by atoms with Gasteiger partial charge in [-0.1, -0.05) is 119 Å². The lowest BCUT2D eigenvalue weighted by molar-refractivity contribution is -0.179. The van der Waals surface area contributed by atoms with Crippen LogP contribution >= 0.6 is 0 Å². The number of esters is 3. The number of carbonyl (C=O) groups excluding carboxylic acids is 9. The first-order valence-electron chi connectivity index (χ1n) is 25.5. The minimum absolute atomic E-state index is 0.0890. The minimum atomic E-state index is -3.03. The largest absolute Gasteiger partial charge is 0.481 e. The Morgan fingerprint density at radius 1 is 0.757 bits per heavy atom. The normalized spacial score (nSPS) is 14.3. The van der Waals surface area contributed by atoms with Gasteiger partial charge in [0.15, 0.2) is 12.3 Å². The predicted molar refractivity (Wildman–Crippen MR) is 271 cm³/mol. The molecule has 17 nitrogen and oxygen atoms in total. The lowest BCUT2D eigenvalue weighted by Gasteiger charge is -2.32. The molecule has 3 aromatic rings. The maximum absolute atomic E-state index is 14.8. The van der Waals surface area contributed by atoms with Crippen molar-refractivity contribution in [1.82, 2.24) is 15.1 Å². The van der Waals surface area contributed by atoms with Crippen LogP contribution in [0.2, 0.25) is 0 Å². The maximum Gasteiger partial charge on any atom is 0.424 e. The molecule has 2 aliphatic rings. The Balaban J connectivity index is 1.40. The number of benzene rings is 3. The van der Waals surface area contributed by atoms with E-state index in [1.807, 2.05) is 6.92 Å². The van der Waals surface area contributed by atoms with Gasteiger partial charge in [0.25, 0.3) is 17.7 Å². The molecular formula is C57H67N3O14. The number of amides is 5. The van der Waals surface area contributed by atoms with E-state index in [4.69, 9.17) is 18.9 Å². The second-order valence-corrected chi connectivity index (χ2v) is 18.2. The Morgan fingerprint density at radius 2 is 1.38 bits per heavy atom. The van der Waals surface area contributed by atoms with Crippen LogP contribution in [0.15, 0.2) is 84.9 Å². The van der Waals surface area contributed by atoms with Crippen LogP contribution in [0, 0.1) is 17.8 Å². The fraction of sp³-hybridized carbons (Fsp3) is 0.456. The van der Waals surface area contributed by atoms with Crippen molar-refractivity contribution in [3.05, 3.63) is 113 Å². The molecule has 2 N–H and O–H groups in total. The molecule has 0 saturated carbocycles. The number of unbranched alkanes of at least 4 members (excludes halogenated alkanes) is 9. The molecule has 0 unspecified atom stereocenters. The van der Waals surface area contributed by atoms with Gasteiger partial charge >= 0.3 is 24.0 Å². The van der Waals surface area contributed by atoms with Crippen LogP contribution in [-0.4, -0.2) is 99.9 Å². The summed E-state index contributed by atoms with van der Waals surface area (Å²) in [4.78, 5) is 124. The highest BCUT2D eigenvalue weighted by atomic mass is 16.6. The molecule has 0 saturated heterocycles. The highest BCUT2D eigenvalue weighted by molar-refractivity contribution is 6.21. The third-order valence-corrected chi connectivity index (χ3v) is 12.7. The number of Topliss-reactive ketones (excluding diaryl/α,β-unsaturated/α-hetero) is 1. The summed E-state index contributed by atoms with van der Waals surface area (Å²) >= 11 is 0. The monoisotopic (exact) mass is 1020 g/mol. The molecule has 394 valence electrons. The van der Waals surface area contributed by atoms with E-state index in [0.29, 0.717) is 73.1 Å². The number of carbonyl (C=O) groups is 9. The third kappa shape index (κ3) is 16.3. The molecule has 17 heteroatoms. The number of rotatable bonds is 30. The van der Waals surface area contributed by atoms with Gasteiger partial charge in [-0.25, -0.2) is 24.2 Å². The summed E-state index contributed by atoms with van der Waals surface area (Å²) in [5.41, 5.74) is -1.64. The smallest absolute Gasteiger partial charge is 0.424 e. The van der Waals surface area contributed by atoms with Gasteiger partial charge in [-0.05, 0) is 80.5 Å². The molecule has 2 aliphatic heterocycles. The summed E-state index contributed by atoms with van der Waals surface area (Å²) in [6.07, 6.45) is 10.3. The number of hydrogen-bond acceptors (Lipinski definition) is 14. The van der Waals surface area contributed by atoms with Crippen LogP contribution in [0.3, 0.4) is 0 Å². The van der Waals surface area contributed by atoms with E-state index in [0.717, 1.165) is 43.4 Å². The van der Waals surface area contributed by atoms with Crippen molar-refractivity contribution in [2.24, 2.45) is 5.92 Å². The van der Waals surface area contributed by atoms with E-state index in [2.05, 4.69) is 24.1 Å². The van der Waals surface area contributed by atoms with Crippen LogP contribution in [0.1, 0.15) is 159 Å². The lowest BCUT2D eigenvalue weighted by atomic mass is 9.82. The van der Waals surface area contributed by atoms with Crippen molar-refractivity contribution in [2.45, 2.75) is 142 Å². The van der Waals surface area contributed by atoms with Crippen molar-refractivity contribution in [3.8, 4) is 17.6 Å². The van der Waals surface area contributed by atoms with Crippen molar-refractivity contribution in [2.75, 3.05) is 19.9 Å². The van der Waals surface area contributed by atoms with Gasteiger partial charge in [-0.3, -0.25) is 28.8 Å². The predicted octanol–water partition coefficient (Wildman–Crippen LogP) is 8.14. The van der Waals surface area contributed by atoms with Crippen LogP contribution in [0.4, 0.5) is 4.79 Å². The van der Waals surface area contributed by atoms with Crippen LogP contribution in [-0.2, 0) is 51.1 Å². The molecule has 0 radical (unpaired) electrons. The zero-order chi connectivity index (χ0) is 53.5. The number of ether oxygens (including phenoxy) is 4. The number of ketones is 1. The molecule has 0 bridgehead atoms. The Hall–Kier alpha value is -7.45. The number of allylic oxidation sites excluding steroid dienone is 1. The molecule has 0 fully saturated rings. The van der Waals surface area contributed by atoms with Gasteiger partial charge < -0.3 is 29.4 Å². The minimum Gasteiger partial charge on any atom is -0.481 e. The number of nitrogens with zero attached hydrogens (tertiary/aromatic N) is 2. The SMILES string of the molecule is CC#CCOc1ccc(C[C@H](NC(=O)[C@@H](/C=C/CCCCCCC(=O)CCCCCCC)[C@@](O)(CC(=O)OCN2C(=O)c3ccccc3C2=O)C(=O)OCCCC)C(=O)OC(=O)N2Cc3ccccc3C2=O)cc1. The fourth-order valence-corrected chi connectivity index (χ4v) is 8.41. The van der Waals surface area contributed by atoms with Gasteiger partial charge in [-0.15, -0.1) is 5.92 Å². The van der Waals surface area contributed by atoms with Gasteiger partial charge in [0.2, 0.25) is 5.91 Å². The van der Waals surface area contributed by atoms with E-state index in [1.54, 1.807) is 61.5 Å². The molecule has 3 aromatic carbocycles. The number of hydrogen-bond donors (Lipinski definition) is 2. The number of fused-ring (bicyclic) bond motifs is 2. The second kappa shape index (κ2) is 29.3. The summed E-state index contributed by atoms with van der Waals surface area (Å²) in [5.74, 6) is -3.10. The summed E-state index contributed by atoms with van der Waals surface area (Å²) in [6, 6.07) is 17.2. The molecule has 0 aliphatic carbocycles. The summed E-state index contributed by atoms with van der Waals surface area (Å²) < 4.78 is 21.7. The van der Waals surface area contributed by atoms with E-state index >= 15 is 0 Å². The lowest BCUT2D eigenvalue weighted by Crippen LogP contribution is -2.56. The number of nitrogens with one attached hydrogen (secondary N) is 1. The molecule has 74 heavy (non-hydrogen) atoms. The molecule has 0 aromatic heterocycles. The molecular weight excluding hydrogens is 951 g/mol. The number of aliphatic hydroxyl groups is 1. The first-order valence-corrected chi connectivity index (χ1v) is 25.5. The average molecular weight is 1020 g/mol. The molecule has 5 rings (SSSR count). The maximum atomic E-state index is 14.8. The second-order valence-electron chi connectivity index (χ2n) is 18.2. The summed E-state index contributed by atoms with van der Waals surface area (Å²) in [5, 5.41) is 15.0. The fourth-order valence-electron chi connectivity index (χ4n) is 8.41. The van der Waals surface area contributed by atoms with Crippen LogP contribution in [0.25, 0.3) is 0 Å². The Bertz CT molecular complexity index is 2540. The van der Waals surface area contributed by atoms with Gasteiger partial charge in [0.05, 0.1) is 36.6 Å². The van der Waals surface area contributed by atoms with E-state index in [1.165, 1.54) is 30.4 Å². The first kappa shape index (κ1) is 57.5. The highest BCUT2D eigenvalue weighted by Crippen LogP contribution is 2.30. The molecule has 5 amide bonds. The average Bonchev–Trinajstić information content (AvgIpc) is 3.86. The molecule has 2 heterocycles. The van der Waals surface area contributed by atoms with Crippen molar-refractivity contribution < 1.29 is 67.2 Å². The Labute approximate surface area is 432 Å². The number of imide groups is 2. The molecule has 0 spiro atoms. The van der Waals surface area contributed by atoms with Crippen molar-refractivity contribution in [3.63, 3.8) is 0 Å². The van der Waals surface area contributed by atoms with E-state index in [-0.39, 0.29) is 48.7 Å². The zero-order valence-electron chi connectivity index (χ0n) is 42.5. The van der Waals surface area contributed by atoms with Gasteiger partial charge in [0, 0.05) is 24.8 Å². The van der Waals surface area contributed by atoms with E-state index < -0.39 is 78.3 Å². The van der Waals surface area contributed by atoms with E-state index in [9.17, 15) is 48.3 Å². The molecule has 3 atom stereocenters. The van der Waals surface area contributed by atoms with Crippen molar-refractivity contribution >= 4 is 53.4 Å². The zero-order valence-corrected chi connectivity index (χ0v) is 42.5. The topological polar surface area (TPSA) is 229 Å². The Kier molecular flexibility index (Phi) is 22.7. The summed E-state index contributed by atoms with van der Waals surface area (Å²) in [6.45, 7) is 4.47. The Morgan fingerprint density at radius 3 is 2.01 bits per heavy atom. The quantitative estimate of drug-likeness (QED) is 0.0122. The van der Waals surface area contributed by atoms with Crippen LogP contribution < -0.4 is 10.1 Å². The standard InChI is InChI=1S/C57H67N3O14/c1-4-7-10-13-16-24-42(61)25-17-14-11-12-15-18-29-47(57(70,55(68)72-35-9-6-3)37-49(62)73-39-60-52(65)45-27-21-22-28-46(45)53(60)66)50(63)58-48(36-40-30-32-43(33-31-40)71-34-8-5-2)54(67)74-56(69)59-38-41-23-19-20-26-44(41)51(59)64/h18-23,26-33,47-48,70H,4,6-7,9-17,24-25,34-39H2,1-3H3,(H,58,63)/b29-18+/t47-,48+,57+/m1/s1. The highest BCUT2D eigenvalue weighted by Gasteiger charge is 2.51. The third-order valence-electron chi connectivity index (χ3n) is 12.7. The van der Waals surface area contributed by atoms with Gasteiger partial charge in [0.1, 0.15) is 24.2 Å². The van der Waals surface area contributed by atoms with Crippen LogP contribution in [0.5, 0.6) is 5.75 Å². The van der Waals surface area contributed by atoms with Crippen molar-refractivity contribution in [1.29, 1.82) is 0 Å². The first-order chi connectivity index (χ1) is 35.7. The summed E-state index contributed by atoms with van der Waals surface area (Å²) in [7, 11) is 0. The van der Waals surface area contributed by atoms with Gasteiger partial charge in [-0.2, -0.15) is 0 Å².